The van der Waals surface area contributed by atoms with E-state index in [4.69, 9.17) is 4.52 Å². The number of piperazine rings is 1. The van der Waals surface area contributed by atoms with Gasteiger partial charge in [-0.3, -0.25) is 4.90 Å². The van der Waals surface area contributed by atoms with Crippen LogP contribution in [0.1, 0.15) is 29.0 Å². The summed E-state index contributed by atoms with van der Waals surface area (Å²) in [6.07, 6.45) is 6.12. The lowest BCUT2D eigenvalue weighted by atomic mass is 10.1. The molecule has 0 unspecified atom stereocenters. The minimum absolute atomic E-state index is 0.887. The van der Waals surface area contributed by atoms with Gasteiger partial charge in [0.1, 0.15) is 11.5 Å². The first-order valence-electron chi connectivity index (χ1n) is 10.5. The van der Waals surface area contributed by atoms with Crippen LogP contribution < -0.4 is 0 Å². The Morgan fingerprint density at radius 3 is 2.28 bits per heavy atom. The molecule has 0 N–H and O–H groups in total. The van der Waals surface area contributed by atoms with E-state index in [1.165, 1.54) is 11.1 Å². The largest absolute Gasteiger partial charge is 0.361 e. The summed E-state index contributed by atoms with van der Waals surface area (Å²) in [7, 11) is 0. The molecule has 4 rings (SSSR count). The van der Waals surface area contributed by atoms with Gasteiger partial charge in [-0.05, 0) is 30.2 Å². The van der Waals surface area contributed by atoms with Gasteiger partial charge in [0.05, 0.1) is 0 Å². The SMILES string of the molecule is C(=C\c1cc(CCCN2CCN(Cc3ccccc3)CC2)on1)/c1ccccc1. The monoisotopic (exact) mass is 387 g/mol. The summed E-state index contributed by atoms with van der Waals surface area (Å²) in [5.41, 5.74) is 3.46. The first kappa shape index (κ1) is 19.6. The number of rotatable bonds is 8. The second-order valence-electron chi connectivity index (χ2n) is 7.67. The van der Waals surface area contributed by atoms with Crippen LogP contribution in [0.15, 0.2) is 71.3 Å². The third-order valence-electron chi connectivity index (χ3n) is 5.43. The van der Waals surface area contributed by atoms with Gasteiger partial charge in [-0.15, -0.1) is 0 Å². The summed E-state index contributed by atoms with van der Waals surface area (Å²) in [6.45, 7) is 6.76. The van der Waals surface area contributed by atoms with Crippen LogP contribution in [0.25, 0.3) is 12.2 Å². The Kier molecular flexibility index (Phi) is 6.89. The number of hydrogen-bond acceptors (Lipinski definition) is 4. The third-order valence-corrected chi connectivity index (χ3v) is 5.43. The average Bonchev–Trinajstić information content (AvgIpc) is 3.23. The Hall–Kier alpha value is -2.69. The molecule has 4 nitrogen and oxygen atoms in total. The quantitative estimate of drug-likeness (QED) is 0.566. The fourth-order valence-electron chi connectivity index (χ4n) is 3.76. The summed E-state index contributed by atoms with van der Waals surface area (Å²) < 4.78 is 5.50. The lowest BCUT2D eigenvalue weighted by molar-refractivity contribution is 0.126. The first-order chi connectivity index (χ1) is 14.3. The van der Waals surface area contributed by atoms with Gasteiger partial charge in [-0.1, -0.05) is 71.9 Å². The number of aromatic nitrogens is 1. The average molecular weight is 388 g/mol. The second-order valence-corrected chi connectivity index (χ2v) is 7.67. The van der Waals surface area contributed by atoms with Crippen molar-refractivity contribution in [1.82, 2.24) is 15.0 Å². The second kappa shape index (κ2) is 10.2. The normalized spacial score (nSPS) is 15.9. The molecule has 3 aromatic rings. The van der Waals surface area contributed by atoms with Crippen molar-refractivity contribution in [3.63, 3.8) is 0 Å². The number of aryl methyl sites for hydroxylation is 1. The van der Waals surface area contributed by atoms with Gasteiger partial charge in [-0.2, -0.15) is 0 Å². The molecule has 1 aliphatic heterocycles. The van der Waals surface area contributed by atoms with Gasteiger partial charge < -0.3 is 9.42 Å². The van der Waals surface area contributed by atoms with Crippen LogP contribution in [0.4, 0.5) is 0 Å². The molecule has 4 heteroatoms. The van der Waals surface area contributed by atoms with E-state index in [9.17, 15) is 0 Å². The van der Waals surface area contributed by atoms with Gasteiger partial charge >= 0.3 is 0 Å². The van der Waals surface area contributed by atoms with Crippen LogP contribution in [0, 0.1) is 0 Å². The molecule has 1 aliphatic rings. The molecule has 0 atom stereocenters. The Balaban J connectivity index is 1.16. The molecule has 1 aromatic heterocycles. The van der Waals surface area contributed by atoms with Gasteiger partial charge in [0.2, 0.25) is 0 Å². The number of hydrogen-bond donors (Lipinski definition) is 0. The van der Waals surface area contributed by atoms with E-state index in [2.05, 4.69) is 69.6 Å². The minimum Gasteiger partial charge on any atom is -0.361 e. The molecule has 0 aliphatic carbocycles. The fraction of sp³-hybridized carbons (Fsp3) is 0.320. The molecule has 0 radical (unpaired) electrons. The van der Waals surface area contributed by atoms with Crippen molar-refractivity contribution in [3.05, 3.63) is 89.3 Å². The molecule has 1 fully saturated rings. The van der Waals surface area contributed by atoms with E-state index < -0.39 is 0 Å². The molecule has 0 amide bonds. The van der Waals surface area contributed by atoms with E-state index in [1.54, 1.807) is 0 Å². The number of benzene rings is 2. The molecular weight excluding hydrogens is 358 g/mol. The van der Waals surface area contributed by atoms with E-state index in [-0.39, 0.29) is 0 Å². The van der Waals surface area contributed by atoms with E-state index in [1.807, 2.05) is 24.3 Å². The zero-order valence-corrected chi connectivity index (χ0v) is 16.9. The molecular formula is C25H29N3O. The summed E-state index contributed by atoms with van der Waals surface area (Å²) in [5, 5.41) is 4.16. The highest BCUT2D eigenvalue weighted by molar-refractivity contribution is 5.67. The van der Waals surface area contributed by atoms with E-state index >= 15 is 0 Å². The number of nitrogens with zero attached hydrogens (tertiary/aromatic N) is 3. The van der Waals surface area contributed by atoms with Crippen molar-refractivity contribution in [1.29, 1.82) is 0 Å². The van der Waals surface area contributed by atoms with Crippen LogP contribution in [-0.4, -0.2) is 47.7 Å². The topological polar surface area (TPSA) is 32.5 Å². The molecule has 150 valence electrons. The van der Waals surface area contributed by atoms with Crippen LogP contribution in [0.5, 0.6) is 0 Å². The van der Waals surface area contributed by atoms with Crippen LogP contribution in [-0.2, 0) is 13.0 Å². The lowest BCUT2D eigenvalue weighted by Crippen LogP contribution is -2.46. The lowest BCUT2D eigenvalue weighted by Gasteiger charge is -2.34. The minimum atomic E-state index is 0.887. The molecule has 0 spiro atoms. The Morgan fingerprint density at radius 2 is 1.52 bits per heavy atom. The van der Waals surface area contributed by atoms with E-state index in [0.29, 0.717) is 0 Å². The van der Waals surface area contributed by atoms with Crippen LogP contribution in [0.3, 0.4) is 0 Å². The summed E-state index contributed by atoms with van der Waals surface area (Å²) in [5.74, 6) is 0.973. The highest BCUT2D eigenvalue weighted by Gasteiger charge is 2.16. The molecule has 2 heterocycles. The Labute approximate surface area is 173 Å². The van der Waals surface area contributed by atoms with Crippen molar-refractivity contribution in [2.24, 2.45) is 0 Å². The van der Waals surface area contributed by atoms with Gasteiger partial charge in [0.25, 0.3) is 0 Å². The zero-order valence-electron chi connectivity index (χ0n) is 16.9. The summed E-state index contributed by atoms with van der Waals surface area (Å²) in [6, 6.07) is 23.1. The van der Waals surface area contributed by atoms with E-state index in [0.717, 1.165) is 63.6 Å². The van der Waals surface area contributed by atoms with Crippen molar-refractivity contribution >= 4 is 12.2 Å². The van der Waals surface area contributed by atoms with Crippen molar-refractivity contribution < 1.29 is 4.52 Å². The third kappa shape index (κ3) is 6.14. The molecule has 0 saturated carbocycles. The first-order valence-corrected chi connectivity index (χ1v) is 10.5. The summed E-state index contributed by atoms with van der Waals surface area (Å²) >= 11 is 0. The maximum absolute atomic E-state index is 5.50. The molecule has 0 bridgehead atoms. The van der Waals surface area contributed by atoms with Crippen molar-refractivity contribution in [2.75, 3.05) is 32.7 Å². The Bertz CT molecular complexity index is 881. The highest BCUT2D eigenvalue weighted by atomic mass is 16.5. The molecule has 1 saturated heterocycles. The Morgan fingerprint density at radius 1 is 0.828 bits per heavy atom. The standard InChI is InChI=1S/C25H29N3O/c1-3-8-22(9-4-1)13-14-24-20-25(29-26-24)12-7-15-27-16-18-28(19-17-27)21-23-10-5-2-6-11-23/h1-6,8-11,13-14,20H,7,12,15-19,21H2/b14-13+. The molecule has 29 heavy (non-hydrogen) atoms. The predicted molar refractivity (Wildman–Crippen MR) is 118 cm³/mol. The van der Waals surface area contributed by atoms with Crippen molar-refractivity contribution in [3.8, 4) is 0 Å². The van der Waals surface area contributed by atoms with Crippen LogP contribution >= 0.6 is 0 Å². The highest BCUT2D eigenvalue weighted by Crippen LogP contribution is 2.12. The maximum Gasteiger partial charge on any atom is 0.137 e. The van der Waals surface area contributed by atoms with Crippen molar-refractivity contribution in [2.45, 2.75) is 19.4 Å². The van der Waals surface area contributed by atoms with Gasteiger partial charge in [-0.25, -0.2) is 0 Å². The van der Waals surface area contributed by atoms with Gasteiger partial charge in [0.15, 0.2) is 0 Å². The predicted octanol–water partition coefficient (Wildman–Crippen LogP) is 4.60. The smallest absolute Gasteiger partial charge is 0.137 e. The maximum atomic E-state index is 5.50. The molecule has 2 aromatic carbocycles. The zero-order chi connectivity index (χ0) is 19.7. The van der Waals surface area contributed by atoms with Gasteiger partial charge in [0, 0.05) is 45.2 Å². The summed E-state index contributed by atoms with van der Waals surface area (Å²) in [4.78, 5) is 5.11. The van der Waals surface area contributed by atoms with Crippen LogP contribution in [0.2, 0.25) is 0 Å². The fourth-order valence-corrected chi connectivity index (χ4v) is 3.76.